The Bertz CT molecular complexity index is 550. The van der Waals surface area contributed by atoms with Crippen molar-refractivity contribution in [1.82, 2.24) is 5.32 Å². The number of halogens is 1. The van der Waals surface area contributed by atoms with Crippen LogP contribution in [0.2, 0.25) is 0 Å². The van der Waals surface area contributed by atoms with Gasteiger partial charge >= 0.3 is 0 Å². The molecule has 0 aliphatic rings. The zero-order chi connectivity index (χ0) is 13.0. The molecule has 0 fully saturated rings. The van der Waals surface area contributed by atoms with E-state index >= 15 is 0 Å². The van der Waals surface area contributed by atoms with E-state index in [1.165, 1.54) is 5.56 Å². The summed E-state index contributed by atoms with van der Waals surface area (Å²) in [5.74, 6) is -0.00186. The number of hydrogen-bond donors (Lipinski definition) is 1. The van der Waals surface area contributed by atoms with Crippen molar-refractivity contribution >= 4 is 33.2 Å². The fraction of sp³-hybridized carbons (Fsp3) is 0.214. The predicted molar refractivity (Wildman–Crippen MR) is 79.3 cm³/mol. The molecule has 0 spiro atoms. The van der Waals surface area contributed by atoms with Gasteiger partial charge in [-0.25, -0.2) is 0 Å². The summed E-state index contributed by atoms with van der Waals surface area (Å²) >= 11 is 4.98. The molecule has 1 aromatic carbocycles. The monoisotopic (exact) mass is 323 g/mol. The van der Waals surface area contributed by atoms with Gasteiger partial charge in [0.2, 0.25) is 0 Å². The molecule has 0 saturated heterocycles. The molecule has 1 amide bonds. The fourth-order valence-corrected chi connectivity index (χ4v) is 2.87. The molecule has 94 valence electrons. The van der Waals surface area contributed by atoms with E-state index in [9.17, 15) is 4.79 Å². The standard InChI is InChI=1S/C14H14BrNOS/c1-10-8-18-9-13(10)14(17)16-7-12-4-2-3-11(5-12)6-15/h2-5,8-9H,6-7H2,1H3,(H,16,17). The highest BCUT2D eigenvalue weighted by Crippen LogP contribution is 2.14. The van der Waals surface area contributed by atoms with Gasteiger partial charge < -0.3 is 5.32 Å². The van der Waals surface area contributed by atoms with Crippen LogP contribution >= 0.6 is 27.3 Å². The second-order valence-corrected chi connectivity index (χ2v) is 5.41. The molecular weight excluding hydrogens is 310 g/mol. The normalized spacial score (nSPS) is 10.3. The molecule has 0 atom stereocenters. The van der Waals surface area contributed by atoms with E-state index in [4.69, 9.17) is 0 Å². The van der Waals surface area contributed by atoms with E-state index in [1.807, 2.05) is 29.8 Å². The van der Waals surface area contributed by atoms with Crippen LogP contribution in [-0.4, -0.2) is 5.91 Å². The van der Waals surface area contributed by atoms with Crippen LogP contribution in [0, 0.1) is 6.92 Å². The third-order valence-electron chi connectivity index (χ3n) is 2.70. The first kappa shape index (κ1) is 13.3. The van der Waals surface area contributed by atoms with Gasteiger partial charge in [0.1, 0.15) is 0 Å². The Hall–Kier alpha value is -1.13. The van der Waals surface area contributed by atoms with E-state index in [-0.39, 0.29) is 5.91 Å². The lowest BCUT2D eigenvalue weighted by Gasteiger charge is -2.06. The highest BCUT2D eigenvalue weighted by molar-refractivity contribution is 9.08. The van der Waals surface area contributed by atoms with Gasteiger partial charge in [-0.3, -0.25) is 4.79 Å². The Morgan fingerprint density at radius 1 is 1.33 bits per heavy atom. The maximum Gasteiger partial charge on any atom is 0.252 e. The van der Waals surface area contributed by atoms with Gasteiger partial charge in [0.25, 0.3) is 5.91 Å². The van der Waals surface area contributed by atoms with E-state index < -0.39 is 0 Å². The van der Waals surface area contributed by atoms with Crippen LogP contribution in [0.4, 0.5) is 0 Å². The van der Waals surface area contributed by atoms with E-state index in [1.54, 1.807) is 11.3 Å². The number of amides is 1. The molecular formula is C14H14BrNOS. The first-order valence-corrected chi connectivity index (χ1v) is 7.72. The van der Waals surface area contributed by atoms with Crippen LogP contribution in [0.15, 0.2) is 35.0 Å². The lowest BCUT2D eigenvalue weighted by atomic mass is 10.1. The van der Waals surface area contributed by atoms with Gasteiger partial charge in [-0.05, 0) is 29.0 Å². The summed E-state index contributed by atoms with van der Waals surface area (Å²) < 4.78 is 0. The van der Waals surface area contributed by atoms with Crippen molar-refractivity contribution in [3.05, 3.63) is 57.3 Å². The molecule has 2 rings (SSSR count). The molecule has 0 radical (unpaired) electrons. The van der Waals surface area contributed by atoms with Gasteiger partial charge in [-0.15, -0.1) is 0 Å². The number of thiophene rings is 1. The fourth-order valence-electron chi connectivity index (χ4n) is 1.69. The molecule has 1 aromatic heterocycles. The Kier molecular flexibility index (Phi) is 4.55. The Labute approximate surface area is 119 Å². The van der Waals surface area contributed by atoms with Gasteiger partial charge in [0, 0.05) is 17.3 Å². The average molecular weight is 324 g/mol. The lowest BCUT2D eigenvalue weighted by molar-refractivity contribution is 0.0951. The van der Waals surface area contributed by atoms with Crippen molar-refractivity contribution in [2.45, 2.75) is 18.8 Å². The molecule has 1 heterocycles. The summed E-state index contributed by atoms with van der Waals surface area (Å²) in [6.45, 7) is 2.52. The van der Waals surface area contributed by atoms with E-state index in [2.05, 4.69) is 33.4 Å². The Balaban J connectivity index is 1.99. The van der Waals surface area contributed by atoms with Crippen molar-refractivity contribution in [3.8, 4) is 0 Å². The van der Waals surface area contributed by atoms with Crippen LogP contribution in [0.5, 0.6) is 0 Å². The van der Waals surface area contributed by atoms with Crippen LogP contribution in [0.3, 0.4) is 0 Å². The maximum absolute atomic E-state index is 11.9. The Morgan fingerprint density at radius 2 is 2.11 bits per heavy atom. The number of nitrogens with one attached hydrogen (secondary N) is 1. The average Bonchev–Trinajstić information content (AvgIpc) is 2.82. The summed E-state index contributed by atoms with van der Waals surface area (Å²) in [6, 6.07) is 8.18. The minimum atomic E-state index is -0.00186. The second kappa shape index (κ2) is 6.16. The predicted octanol–water partition coefficient (Wildman–Crippen LogP) is 3.88. The quantitative estimate of drug-likeness (QED) is 0.850. The van der Waals surface area contributed by atoms with Crippen LogP contribution in [0.25, 0.3) is 0 Å². The van der Waals surface area contributed by atoms with Crippen molar-refractivity contribution in [1.29, 1.82) is 0 Å². The maximum atomic E-state index is 11.9. The van der Waals surface area contributed by atoms with Crippen LogP contribution in [0.1, 0.15) is 27.0 Å². The number of carbonyl (C=O) groups is 1. The minimum absolute atomic E-state index is 0.00186. The lowest BCUT2D eigenvalue weighted by Crippen LogP contribution is -2.22. The number of hydrogen-bond acceptors (Lipinski definition) is 2. The highest BCUT2D eigenvalue weighted by Gasteiger charge is 2.09. The van der Waals surface area contributed by atoms with Crippen LogP contribution < -0.4 is 5.32 Å². The third kappa shape index (κ3) is 3.21. The van der Waals surface area contributed by atoms with Crippen molar-refractivity contribution < 1.29 is 4.79 Å². The second-order valence-electron chi connectivity index (χ2n) is 4.10. The van der Waals surface area contributed by atoms with Gasteiger partial charge in [-0.1, -0.05) is 40.2 Å². The largest absolute Gasteiger partial charge is 0.348 e. The van der Waals surface area contributed by atoms with Gasteiger partial charge in [0.15, 0.2) is 0 Å². The number of carbonyl (C=O) groups excluding carboxylic acids is 1. The summed E-state index contributed by atoms with van der Waals surface area (Å²) in [7, 11) is 0. The highest BCUT2D eigenvalue weighted by atomic mass is 79.9. The molecule has 0 aliphatic carbocycles. The minimum Gasteiger partial charge on any atom is -0.348 e. The van der Waals surface area contributed by atoms with E-state index in [0.717, 1.165) is 22.0 Å². The van der Waals surface area contributed by atoms with Crippen molar-refractivity contribution in [3.63, 3.8) is 0 Å². The molecule has 18 heavy (non-hydrogen) atoms. The summed E-state index contributed by atoms with van der Waals surface area (Å²) in [5, 5.41) is 7.65. The zero-order valence-electron chi connectivity index (χ0n) is 10.1. The van der Waals surface area contributed by atoms with Gasteiger partial charge in [0.05, 0.1) is 5.56 Å². The zero-order valence-corrected chi connectivity index (χ0v) is 12.5. The number of aryl methyl sites for hydroxylation is 1. The van der Waals surface area contributed by atoms with Gasteiger partial charge in [-0.2, -0.15) is 11.3 Å². The molecule has 2 nitrogen and oxygen atoms in total. The SMILES string of the molecule is Cc1cscc1C(=O)NCc1cccc(CBr)c1. The molecule has 4 heteroatoms. The molecule has 1 N–H and O–H groups in total. The van der Waals surface area contributed by atoms with E-state index in [0.29, 0.717) is 6.54 Å². The molecule has 0 saturated carbocycles. The summed E-state index contributed by atoms with van der Waals surface area (Å²) in [4.78, 5) is 11.9. The first-order valence-electron chi connectivity index (χ1n) is 5.65. The summed E-state index contributed by atoms with van der Waals surface area (Å²) in [5.41, 5.74) is 4.14. The number of benzene rings is 1. The molecule has 0 bridgehead atoms. The first-order chi connectivity index (χ1) is 8.70. The smallest absolute Gasteiger partial charge is 0.252 e. The number of alkyl halides is 1. The molecule has 0 aliphatic heterocycles. The molecule has 2 aromatic rings. The van der Waals surface area contributed by atoms with Crippen molar-refractivity contribution in [2.75, 3.05) is 0 Å². The Morgan fingerprint density at radius 3 is 2.78 bits per heavy atom. The van der Waals surface area contributed by atoms with Crippen molar-refractivity contribution in [2.24, 2.45) is 0 Å². The van der Waals surface area contributed by atoms with Crippen LogP contribution in [-0.2, 0) is 11.9 Å². The topological polar surface area (TPSA) is 29.1 Å². The third-order valence-corrected chi connectivity index (χ3v) is 4.21. The molecule has 0 unspecified atom stereocenters. The number of rotatable bonds is 4. The summed E-state index contributed by atoms with van der Waals surface area (Å²) in [6.07, 6.45) is 0.